The highest BCUT2D eigenvalue weighted by Gasteiger charge is 2.34. The second kappa shape index (κ2) is 10.5. The Balaban J connectivity index is 1.82. The van der Waals surface area contributed by atoms with Crippen molar-refractivity contribution >= 4 is 29.1 Å². The van der Waals surface area contributed by atoms with Crippen LogP contribution in [0.15, 0.2) is 60.7 Å². The van der Waals surface area contributed by atoms with Gasteiger partial charge in [0.1, 0.15) is 0 Å². The van der Waals surface area contributed by atoms with Crippen LogP contribution in [0.2, 0.25) is 0 Å². The van der Waals surface area contributed by atoms with E-state index in [1.165, 1.54) is 13.8 Å². The van der Waals surface area contributed by atoms with Gasteiger partial charge in [-0.3, -0.25) is 14.4 Å². The summed E-state index contributed by atoms with van der Waals surface area (Å²) < 4.78 is 11.1. The zero-order chi connectivity index (χ0) is 25.8. The molecule has 4 rings (SSSR count). The maximum atomic E-state index is 14.0. The fourth-order valence-electron chi connectivity index (χ4n) is 4.63. The van der Waals surface area contributed by atoms with Crippen LogP contribution in [0.5, 0.6) is 11.5 Å². The first-order valence-corrected chi connectivity index (χ1v) is 11.6. The Kier molecular flexibility index (Phi) is 7.24. The predicted molar refractivity (Wildman–Crippen MR) is 138 cm³/mol. The van der Waals surface area contributed by atoms with Gasteiger partial charge in [0.05, 0.1) is 20.3 Å². The molecule has 36 heavy (non-hydrogen) atoms. The van der Waals surface area contributed by atoms with Gasteiger partial charge >= 0.3 is 0 Å². The van der Waals surface area contributed by atoms with Gasteiger partial charge in [-0.2, -0.15) is 0 Å². The molecule has 3 aromatic rings. The molecule has 1 heterocycles. The summed E-state index contributed by atoms with van der Waals surface area (Å²) in [6.45, 7) is 3.25. The molecule has 0 saturated heterocycles. The average Bonchev–Trinajstić information content (AvgIpc) is 2.86. The number of benzene rings is 3. The van der Waals surface area contributed by atoms with Gasteiger partial charge in [-0.05, 0) is 53.4 Å². The van der Waals surface area contributed by atoms with Crippen LogP contribution in [-0.4, -0.2) is 43.4 Å². The van der Waals surface area contributed by atoms with Crippen molar-refractivity contribution in [3.05, 3.63) is 82.9 Å². The van der Waals surface area contributed by atoms with E-state index in [1.54, 1.807) is 32.4 Å². The van der Waals surface area contributed by atoms with Crippen molar-refractivity contribution in [1.82, 2.24) is 4.90 Å². The van der Waals surface area contributed by atoms with Gasteiger partial charge in [-0.15, -0.1) is 0 Å². The molecule has 8 heteroatoms. The molecule has 1 aliphatic rings. The summed E-state index contributed by atoms with van der Waals surface area (Å²) in [5.74, 6) is 0.466. The summed E-state index contributed by atoms with van der Waals surface area (Å²) in [5.41, 5.74) is 4.21. The van der Waals surface area contributed by atoms with Crippen molar-refractivity contribution in [3.63, 3.8) is 0 Å². The molecule has 0 bridgehead atoms. The summed E-state index contributed by atoms with van der Waals surface area (Å²) in [6, 6.07) is 18.2. The highest BCUT2D eigenvalue weighted by molar-refractivity contribution is 6.00. The van der Waals surface area contributed by atoms with Crippen molar-refractivity contribution < 1.29 is 23.9 Å². The van der Waals surface area contributed by atoms with E-state index in [4.69, 9.17) is 9.47 Å². The Labute approximate surface area is 210 Å². The number of amides is 3. The van der Waals surface area contributed by atoms with Gasteiger partial charge in [-0.1, -0.05) is 30.3 Å². The number of nitrogens with zero attached hydrogens (tertiary/aromatic N) is 1. The Morgan fingerprint density at radius 1 is 0.833 bits per heavy atom. The third-order valence-corrected chi connectivity index (χ3v) is 6.07. The van der Waals surface area contributed by atoms with E-state index >= 15 is 0 Å². The minimum Gasteiger partial charge on any atom is -0.493 e. The number of nitrogens with one attached hydrogen (secondary N) is 2. The number of rotatable bonds is 6. The molecule has 3 amide bonds. The van der Waals surface area contributed by atoms with Crippen LogP contribution >= 0.6 is 0 Å². The highest BCUT2D eigenvalue weighted by Crippen LogP contribution is 2.41. The molecule has 0 saturated carbocycles. The van der Waals surface area contributed by atoms with Crippen molar-refractivity contribution in [3.8, 4) is 11.5 Å². The molecule has 0 aliphatic carbocycles. The molecule has 0 aromatic heterocycles. The third-order valence-electron chi connectivity index (χ3n) is 6.07. The number of anilines is 2. The van der Waals surface area contributed by atoms with Crippen molar-refractivity contribution in [2.24, 2.45) is 0 Å². The summed E-state index contributed by atoms with van der Waals surface area (Å²) in [7, 11) is 3.19. The van der Waals surface area contributed by atoms with Gasteiger partial charge in [0.25, 0.3) is 5.91 Å². The summed E-state index contributed by atoms with van der Waals surface area (Å²) >= 11 is 0. The molecule has 0 fully saturated rings. The lowest BCUT2D eigenvalue weighted by atomic mass is 9.87. The number of methoxy groups -OCH3 is 2. The maximum absolute atomic E-state index is 14.0. The smallest absolute Gasteiger partial charge is 0.254 e. The van der Waals surface area contributed by atoms with Gasteiger partial charge in [0, 0.05) is 37.3 Å². The average molecular weight is 488 g/mol. The van der Waals surface area contributed by atoms with E-state index in [2.05, 4.69) is 10.6 Å². The summed E-state index contributed by atoms with van der Waals surface area (Å²) in [4.78, 5) is 39.2. The quantitative estimate of drug-likeness (QED) is 0.537. The molecule has 8 nitrogen and oxygen atoms in total. The van der Waals surface area contributed by atoms with Gasteiger partial charge in [0.15, 0.2) is 11.5 Å². The molecular formula is C28H29N3O5. The Morgan fingerprint density at radius 3 is 1.97 bits per heavy atom. The topological polar surface area (TPSA) is 97.0 Å². The second-order valence-electron chi connectivity index (χ2n) is 8.63. The maximum Gasteiger partial charge on any atom is 0.254 e. The number of hydrogen-bond donors (Lipinski definition) is 2. The number of carbonyl (C=O) groups is 3. The number of carbonyl (C=O) groups excluding carboxylic acids is 3. The van der Waals surface area contributed by atoms with Crippen molar-refractivity contribution in [2.45, 2.75) is 26.3 Å². The molecular weight excluding hydrogens is 458 g/mol. The minimum absolute atomic E-state index is 0.219. The van der Waals surface area contributed by atoms with Gasteiger partial charge in [0.2, 0.25) is 11.8 Å². The first-order valence-electron chi connectivity index (χ1n) is 11.6. The zero-order valence-electron chi connectivity index (χ0n) is 20.8. The monoisotopic (exact) mass is 487 g/mol. The normalized spacial score (nSPS) is 14.4. The predicted octanol–water partition coefficient (Wildman–Crippen LogP) is 4.41. The molecule has 3 aromatic carbocycles. The fourth-order valence-corrected chi connectivity index (χ4v) is 4.63. The molecule has 0 radical (unpaired) electrons. The fraction of sp³-hybridized carbons (Fsp3) is 0.250. The van der Waals surface area contributed by atoms with Crippen LogP contribution in [0.1, 0.15) is 46.9 Å². The largest absolute Gasteiger partial charge is 0.493 e. The molecule has 0 unspecified atom stereocenters. The van der Waals surface area contributed by atoms with Crippen molar-refractivity contribution in [2.75, 3.05) is 31.4 Å². The summed E-state index contributed by atoms with van der Waals surface area (Å²) in [5, 5.41) is 5.42. The zero-order valence-corrected chi connectivity index (χ0v) is 20.8. The minimum atomic E-state index is -0.365. The lowest BCUT2D eigenvalue weighted by Crippen LogP contribution is -2.40. The van der Waals surface area contributed by atoms with Crippen LogP contribution in [-0.2, 0) is 16.0 Å². The van der Waals surface area contributed by atoms with E-state index in [0.29, 0.717) is 41.4 Å². The lowest BCUT2D eigenvalue weighted by molar-refractivity contribution is -0.115. The first-order chi connectivity index (χ1) is 17.3. The van der Waals surface area contributed by atoms with Crippen LogP contribution in [0.25, 0.3) is 0 Å². The van der Waals surface area contributed by atoms with E-state index in [0.717, 1.165) is 16.7 Å². The molecule has 0 spiro atoms. The molecule has 1 aliphatic heterocycles. The standard InChI is InChI=1S/C28H29N3O5/c1-17(32)29-22-12-21(13-23(15-22)30-18(2)33)28(34)31-11-10-20-14-25(35-3)26(36-4)16-24(20)27(31)19-8-6-5-7-9-19/h5-9,12-16,27H,10-11H2,1-4H3,(H,29,32)(H,30,33)/t27-/m1/s1. The third kappa shape index (κ3) is 5.17. The van der Waals surface area contributed by atoms with Gasteiger partial charge in [-0.25, -0.2) is 0 Å². The van der Waals surface area contributed by atoms with E-state index in [1.807, 2.05) is 47.4 Å². The molecule has 2 N–H and O–H groups in total. The number of ether oxygens (including phenoxy) is 2. The summed E-state index contributed by atoms with van der Waals surface area (Å²) in [6.07, 6.45) is 0.634. The number of fused-ring (bicyclic) bond motifs is 1. The highest BCUT2D eigenvalue weighted by atomic mass is 16.5. The van der Waals surface area contributed by atoms with Crippen LogP contribution in [0.3, 0.4) is 0 Å². The Morgan fingerprint density at radius 2 is 1.42 bits per heavy atom. The molecule has 186 valence electrons. The van der Waals surface area contributed by atoms with Crippen LogP contribution in [0.4, 0.5) is 11.4 Å². The lowest BCUT2D eigenvalue weighted by Gasteiger charge is -2.38. The number of hydrogen-bond acceptors (Lipinski definition) is 5. The molecule has 1 atom stereocenters. The van der Waals surface area contributed by atoms with E-state index < -0.39 is 0 Å². The Hall–Kier alpha value is -4.33. The van der Waals surface area contributed by atoms with Gasteiger partial charge < -0.3 is 25.0 Å². The Bertz CT molecular complexity index is 1270. The SMILES string of the molecule is COc1cc2c(cc1OC)[C@@H](c1ccccc1)N(C(=O)c1cc(NC(C)=O)cc(NC(C)=O)c1)CC2. The second-order valence-corrected chi connectivity index (χ2v) is 8.63. The van der Waals surface area contributed by atoms with E-state index in [9.17, 15) is 14.4 Å². The van der Waals surface area contributed by atoms with E-state index in [-0.39, 0.29) is 23.8 Å². The first kappa shape index (κ1) is 24.8. The van der Waals surface area contributed by atoms with Crippen molar-refractivity contribution in [1.29, 1.82) is 0 Å². The van der Waals surface area contributed by atoms with Crippen LogP contribution < -0.4 is 20.1 Å². The van der Waals surface area contributed by atoms with Crippen LogP contribution in [0, 0.1) is 0 Å².